The van der Waals surface area contributed by atoms with Crippen LogP contribution in [0.25, 0.3) is 0 Å². The SMILES string of the molecule is CC(OCCl)c1ccc([N+](=O)[O-])cc1. The van der Waals surface area contributed by atoms with Gasteiger partial charge in [0.15, 0.2) is 0 Å². The van der Waals surface area contributed by atoms with E-state index in [2.05, 4.69) is 0 Å². The Labute approximate surface area is 86.6 Å². The first kappa shape index (κ1) is 10.9. The normalized spacial score (nSPS) is 12.4. The maximum Gasteiger partial charge on any atom is 0.269 e. The lowest BCUT2D eigenvalue weighted by molar-refractivity contribution is -0.384. The number of alkyl halides is 1. The Bertz CT molecular complexity index is 312. The summed E-state index contributed by atoms with van der Waals surface area (Å²) in [4.78, 5) is 9.93. The minimum atomic E-state index is -0.434. The number of nitro benzene ring substituents is 1. The van der Waals surface area contributed by atoms with Crippen LogP contribution in [0, 0.1) is 10.1 Å². The molecule has 4 nitrogen and oxygen atoms in total. The van der Waals surface area contributed by atoms with Gasteiger partial charge in [0.1, 0.15) is 6.07 Å². The molecule has 0 saturated heterocycles. The molecule has 1 aromatic carbocycles. The van der Waals surface area contributed by atoms with Crippen LogP contribution in [-0.4, -0.2) is 11.0 Å². The quantitative estimate of drug-likeness (QED) is 0.441. The highest BCUT2D eigenvalue weighted by molar-refractivity contribution is 6.17. The maximum atomic E-state index is 10.4. The van der Waals surface area contributed by atoms with Gasteiger partial charge in [-0.3, -0.25) is 10.1 Å². The summed E-state index contributed by atoms with van der Waals surface area (Å²) >= 11 is 5.40. The third-order valence-corrected chi connectivity index (χ3v) is 2.01. The summed E-state index contributed by atoms with van der Waals surface area (Å²) in [6, 6.07) is 6.33. The largest absolute Gasteiger partial charge is 0.358 e. The summed E-state index contributed by atoms with van der Waals surface area (Å²) in [5.41, 5.74) is 0.947. The predicted octanol–water partition coefficient (Wildman–Crippen LogP) is 2.87. The van der Waals surface area contributed by atoms with Gasteiger partial charge >= 0.3 is 0 Å². The van der Waals surface area contributed by atoms with Gasteiger partial charge in [-0.05, 0) is 24.6 Å². The zero-order valence-electron chi connectivity index (χ0n) is 7.64. The van der Waals surface area contributed by atoms with E-state index in [1.54, 1.807) is 12.1 Å². The standard InChI is InChI=1S/C9H10ClNO3/c1-7(14-6-10)8-2-4-9(5-3-8)11(12)13/h2-5,7H,6H2,1H3. The van der Waals surface area contributed by atoms with E-state index in [0.717, 1.165) is 5.56 Å². The van der Waals surface area contributed by atoms with Crippen molar-refractivity contribution in [2.45, 2.75) is 13.0 Å². The number of hydrogen-bond donors (Lipinski definition) is 0. The minimum Gasteiger partial charge on any atom is -0.358 e. The zero-order chi connectivity index (χ0) is 10.6. The maximum absolute atomic E-state index is 10.4. The van der Waals surface area contributed by atoms with Gasteiger partial charge in [-0.1, -0.05) is 11.6 Å². The van der Waals surface area contributed by atoms with Crippen molar-refractivity contribution in [2.24, 2.45) is 0 Å². The van der Waals surface area contributed by atoms with E-state index in [9.17, 15) is 10.1 Å². The van der Waals surface area contributed by atoms with Gasteiger partial charge in [-0.15, -0.1) is 0 Å². The number of nitro groups is 1. The van der Waals surface area contributed by atoms with Crippen molar-refractivity contribution in [1.29, 1.82) is 0 Å². The van der Waals surface area contributed by atoms with Crippen molar-refractivity contribution in [3.05, 3.63) is 39.9 Å². The zero-order valence-corrected chi connectivity index (χ0v) is 8.40. The smallest absolute Gasteiger partial charge is 0.269 e. The van der Waals surface area contributed by atoms with Crippen LogP contribution in [0.15, 0.2) is 24.3 Å². The second-order valence-corrected chi connectivity index (χ2v) is 2.98. The van der Waals surface area contributed by atoms with E-state index in [4.69, 9.17) is 16.3 Å². The van der Waals surface area contributed by atoms with Crippen molar-refractivity contribution in [2.75, 3.05) is 6.07 Å². The molecule has 1 unspecified atom stereocenters. The van der Waals surface area contributed by atoms with Crippen molar-refractivity contribution < 1.29 is 9.66 Å². The van der Waals surface area contributed by atoms with Crippen molar-refractivity contribution in [1.82, 2.24) is 0 Å². The van der Waals surface area contributed by atoms with Crippen LogP contribution in [0.2, 0.25) is 0 Å². The van der Waals surface area contributed by atoms with Crippen LogP contribution in [0.5, 0.6) is 0 Å². The molecular weight excluding hydrogens is 206 g/mol. The third kappa shape index (κ3) is 2.68. The molecule has 1 rings (SSSR count). The lowest BCUT2D eigenvalue weighted by atomic mass is 10.1. The molecule has 5 heteroatoms. The van der Waals surface area contributed by atoms with Crippen LogP contribution >= 0.6 is 11.6 Å². The summed E-state index contributed by atoms with van der Waals surface area (Å²) in [7, 11) is 0. The Morgan fingerprint density at radius 1 is 1.50 bits per heavy atom. The fourth-order valence-corrected chi connectivity index (χ4v) is 1.25. The second-order valence-electron chi connectivity index (χ2n) is 2.77. The first-order valence-corrected chi connectivity index (χ1v) is 4.60. The Morgan fingerprint density at radius 2 is 2.07 bits per heavy atom. The van der Waals surface area contributed by atoms with E-state index in [0.29, 0.717) is 0 Å². The monoisotopic (exact) mass is 215 g/mol. The molecule has 0 N–H and O–H groups in total. The first-order chi connectivity index (χ1) is 6.65. The van der Waals surface area contributed by atoms with Crippen molar-refractivity contribution >= 4 is 17.3 Å². The van der Waals surface area contributed by atoms with Gasteiger partial charge in [0.25, 0.3) is 5.69 Å². The molecule has 1 atom stereocenters. The topological polar surface area (TPSA) is 52.4 Å². The molecule has 0 aliphatic heterocycles. The number of hydrogen-bond acceptors (Lipinski definition) is 3. The van der Waals surface area contributed by atoms with E-state index < -0.39 is 4.92 Å². The summed E-state index contributed by atoms with van der Waals surface area (Å²) in [5.74, 6) is 0. The summed E-state index contributed by atoms with van der Waals surface area (Å²) < 4.78 is 5.12. The Hall–Kier alpha value is -1.13. The van der Waals surface area contributed by atoms with Crippen molar-refractivity contribution in [3.63, 3.8) is 0 Å². The third-order valence-electron chi connectivity index (χ3n) is 1.89. The summed E-state index contributed by atoms with van der Waals surface area (Å²) in [5, 5.41) is 10.4. The molecule has 0 radical (unpaired) electrons. The predicted molar refractivity (Wildman–Crippen MR) is 53.3 cm³/mol. The van der Waals surface area contributed by atoms with Crippen LogP contribution < -0.4 is 0 Å². The average Bonchev–Trinajstić information content (AvgIpc) is 2.18. The average molecular weight is 216 g/mol. The molecule has 0 spiro atoms. The molecule has 76 valence electrons. The second kappa shape index (κ2) is 4.93. The van der Waals surface area contributed by atoms with Gasteiger partial charge in [-0.25, -0.2) is 0 Å². The lowest BCUT2D eigenvalue weighted by Gasteiger charge is -2.10. The highest BCUT2D eigenvalue weighted by Gasteiger charge is 2.08. The number of nitrogens with zero attached hydrogens (tertiary/aromatic N) is 1. The van der Waals surface area contributed by atoms with Crippen LogP contribution in [0.4, 0.5) is 5.69 Å². The van der Waals surface area contributed by atoms with Gasteiger partial charge < -0.3 is 4.74 Å². The van der Waals surface area contributed by atoms with Crippen LogP contribution in [0.1, 0.15) is 18.6 Å². The van der Waals surface area contributed by atoms with E-state index in [-0.39, 0.29) is 17.9 Å². The Kier molecular flexibility index (Phi) is 3.85. The summed E-state index contributed by atoms with van der Waals surface area (Å²) in [6.45, 7) is 1.84. The van der Waals surface area contributed by atoms with Gasteiger partial charge in [0.05, 0.1) is 11.0 Å². The molecule has 0 aliphatic carbocycles. The molecule has 0 heterocycles. The Morgan fingerprint density at radius 3 is 2.50 bits per heavy atom. The van der Waals surface area contributed by atoms with E-state index >= 15 is 0 Å². The molecule has 14 heavy (non-hydrogen) atoms. The minimum absolute atomic E-state index is 0.0758. The number of ether oxygens (including phenoxy) is 1. The fraction of sp³-hybridized carbons (Fsp3) is 0.333. The lowest BCUT2D eigenvalue weighted by Crippen LogP contribution is -1.98. The van der Waals surface area contributed by atoms with E-state index in [1.165, 1.54) is 12.1 Å². The highest BCUT2D eigenvalue weighted by Crippen LogP contribution is 2.20. The number of rotatable bonds is 4. The Balaban J connectivity index is 2.77. The number of non-ortho nitro benzene ring substituents is 1. The van der Waals surface area contributed by atoms with Gasteiger partial charge in [0.2, 0.25) is 0 Å². The summed E-state index contributed by atoms with van der Waals surface area (Å²) in [6.07, 6.45) is -0.145. The van der Waals surface area contributed by atoms with Gasteiger partial charge in [0, 0.05) is 12.1 Å². The van der Waals surface area contributed by atoms with E-state index in [1.807, 2.05) is 6.92 Å². The molecular formula is C9H10ClNO3. The number of benzene rings is 1. The highest BCUT2D eigenvalue weighted by atomic mass is 35.5. The van der Waals surface area contributed by atoms with Gasteiger partial charge in [-0.2, -0.15) is 0 Å². The molecule has 0 aromatic heterocycles. The molecule has 0 saturated carbocycles. The van der Waals surface area contributed by atoms with Crippen LogP contribution in [0.3, 0.4) is 0 Å². The van der Waals surface area contributed by atoms with Crippen molar-refractivity contribution in [3.8, 4) is 0 Å². The molecule has 0 aliphatic rings. The molecule has 0 bridgehead atoms. The molecule has 0 amide bonds. The first-order valence-electron chi connectivity index (χ1n) is 4.07. The molecule has 1 aromatic rings. The molecule has 0 fully saturated rings. The fourth-order valence-electron chi connectivity index (χ4n) is 1.06. The van der Waals surface area contributed by atoms with Crippen LogP contribution in [-0.2, 0) is 4.74 Å². The number of halogens is 1.